The molecular formula is C59H94O12Si. The molecule has 3 fully saturated rings. The first kappa shape index (κ1) is 61.3. The molecule has 12 nitrogen and oxygen atoms in total. The minimum absolute atomic E-state index is 0.00997. The Morgan fingerprint density at radius 1 is 0.708 bits per heavy atom. The molecule has 0 aliphatic carbocycles. The maximum Gasteiger partial charge on any atom is 0.330 e. The second-order valence-corrected chi connectivity index (χ2v) is 27.9. The summed E-state index contributed by atoms with van der Waals surface area (Å²) in [5.74, 6) is -1.82. The highest BCUT2D eigenvalue weighted by Gasteiger charge is 2.44. The molecule has 3 heterocycles. The Labute approximate surface area is 435 Å². The number of aliphatic hydroxyl groups is 1. The highest BCUT2D eigenvalue weighted by molar-refractivity contribution is 6.74. The minimum atomic E-state index is -2.14. The van der Waals surface area contributed by atoms with E-state index >= 15 is 0 Å². The summed E-state index contributed by atoms with van der Waals surface area (Å²) in [6.07, 6.45) is 27.0. The first-order chi connectivity index (χ1) is 33.7. The molecule has 0 unspecified atom stereocenters. The summed E-state index contributed by atoms with van der Waals surface area (Å²) in [4.78, 5) is 11.3. The molecule has 1 aromatic rings. The van der Waals surface area contributed by atoms with Crippen LogP contribution in [0.1, 0.15) is 140 Å². The number of hydrogen-bond donors (Lipinski definition) is 1. The fourth-order valence-electron chi connectivity index (χ4n) is 9.47. The second-order valence-electron chi connectivity index (χ2n) is 23.2. The molecule has 10 atom stereocenters. The smallest absolute Gasteiger partial charge is 0.330 e. The lowest BCUT2D eigenvalue weighted by molar-refractivity contribution is -0.324. The summed E-state index contributed by atoms with van der Waals surface area (Å²) >= 11 is 0. The summed E-state index contributed by atoms with van der Waals surface area (Å²) in [7, 11) is 0.890. The maximum atomic E-state index is 11.3. The van der Waals surface area contributed by atoms with Crippen molar-refractivity contribution in [1.82, 2.24) is 0 Å². The van der Waals surface area contributed by atoms with Crippen LogP contribution in [0.15, 0.2) is 97.2 Å². The Bertz CT molecular complexity index is 1960. The van der Waals surface area contributed by atoms with Crippen molar-refractivity contribution in [3.8, 4) is 5.75 Å². The van der Waals surface area contributed by atoms with E-state index in [0.29, 0.717) is 45.1 Å². The van der Waals surface area contributed by atoms with Gasteiger partial charge < -0.3 is 52.2 Å². The number of hydrogen-bond acceptors (Lipinski definition) is 12. The highest BCUT2D eigenvalue weighted by atomic mass is 28.4. The first-order valence-corrected chi connectivity index (χ1v) is 29.3. The Hall–Kier alpha value is -3.21. The van der Waals surface area contributed by atoms with Crippen molar-refractivity contribution in [2.24, 2.45) is 11.8 Å². The number of methoxy groups -OCH3 is 2. The van der Waals surface area contributed by atoms with Crippen LogP contribution in [-0.4, -0.2) is 106 Å². The van der Waals surface area contributed by atoms with E-state index in [1.807, 2.05) is 117 Å². The molecule has 13 heteroatoms. The van der Waals surface area contributed by atoms with Gasteiger partial charge in [0, 0.05) is 50.5 Å². The van der Waals surface area contributed by atoms with Crippen LogP contribution in [0.2, 0.25) is 18.1 Å². The number of esters is 1. The lowest BCUT2D eigenvalue weighted by Gasteiger charge is -2.46. The molecule has 3 saturated heterocycles. The zero-order chi connectivity index (χ0) is 53.3. The van der Waals surface area contributed by atoms with Crippen LogP contribution in [0.4, 0.5) is 0 Å². The predicted molar refractivity (Wildman–Crippen MR) is 289 cm³/mol. The number of carbonyl (C=O) groups excluding carboxylic acids is 1. The Morgan fingerprint density at radius 3 is 1.72 bits per heavy atom. The van der Waals surface area contributed by atoms with E-state index in [2.05, 4.69) is 62.9 Å². The Kier molecular flexibility index (Phi) is 23.9. The molecule has 3 aliphatic heterocycles. The Balaban J connectivity index is 1.50. The van der Waals surface area contributed by atoms with Gasteiger partial charge in [-0.2, -0.15) is 0 Å². The van der Waals surface area contributed by atoms with Crippen molar-refractivity contribution in [3.05, 3.63) is 103 Å². The van der Waals surface area contributed by atoms with E-state index in [-0.39, 0.29) is 71.7 Å². The van der Waals surface area contributed by atoms with Crippen LogP contribution in [0.25, 0.3) is 0 Å². The lowest BCUT2D eigenvalue weighted by Crippen LogP contribution is -2.50. The fourth-order valence-corrected chi connectivity index (χ4v) is 10.9. The quantitative estimate of drug-likeness (QED) is 0.0329. The van der Waals surface area contributed by atoms with Crippen molar-refractivity contribution in [2.45, 2.75) is 231 Å². The molecule has 0 spiro atoms. The molecule has 0 bridgehead atoms. The number of benzene rings is 1. The molecule has 0 aromatic heterocycles. The van der Waals surface area contributed by atoms with Crippen LogP contribution >= 0.6 is 0 Å². The molecule has 1 N–H and O–H groups in total. The first-order valence-electron chi connectivity index (χ1n) is 26.4. The van der Waals surface area contributed by atoms with E-state index in [1.54, 1.807) is 19.3 Å². The summed E-state index contributed by atoms with van der Waals surface area (Å²) in [6, 6.07) is 8.02. The number of carbonyl (C=O) groups is 1. The zero-order valence-electron chi connectivity index (χ0n) is 46.9. The van der Waals surface area contributed by atoms with Gasteiger partial charge in [0.1, 0.15) is 5.75 Å². The monoisotopic (exact) mass is 1020 g/mol. The lowest BCUT2D eigenvalue weighted by atomic mass is 9.92. The average molecular weight is 1020 g/mol. The highest BCUT2D eigenvalue weighted by Crippen LogP contribution is 2.41. The van der Waals surface area contributed by atoms with E-state index in [9.17, 15) is 9.90 Å². The van der Waals surface area contributed by atoms with Crippen LogP contribution in [0.3, 0.4) is 0 Å². The van der Waals surface area contributed by atoms with Crippen LogP contribution in [0, 0.1) is 11.8 Å². The van der Waals surface area contributed by atoms with E-state index in [4.69, 9.17) is 42.3 Å². The minimum Gasteiger partial charge on any atom is -0.497 e. The normalized spacial score (nSPS) is 26.9. The fraction of sp³-hybridized carbons (Fsp3) is 0.678. The average Bonchev–Trinajstić information content (AvgIpc) is 3.26. The molecule has 1 aromatic carbocycles. The van der Waals surface area contributed by atoms with Crippen LogP contribution in [-0.2, 0) is 53.7 Å². The molecular weight excluding hydrogens is 929 g/mol. The third-order valence-corrected chi connectivity index (χ3v) is 18.4. The number of rotatable bonds is 25. The summed E-state index contributed by atoms with van der Waals surface area (Å²) in [5.41, 5.74) is 1.06. The molecule has 0 radical (unpaired) electrons. The van der Waals surface area contributed by atoms with Gasteiger partial charge in [0.15, 0.2) is 25.7 Å². The Morgan fingerprint density at radius 2 is 1.19 bits per heavy atom. The largest absolute Gasteiger partial charge is 0.497 e. The van der Waals surface area contributed by atoms with Gasteiger partial charge >= 0.3 is 5.97 Å². The van der Waals surface area contributed by atoms with E-state index < -0.39 is 31.8 Å². The third-order valence-electron chi connectivity index (χ3n) is 13.8. The van der Waals surface area contributed by atoms with Gasteiger partial charge in [0.05, 0.1) is 75.8 Å². The van der Waals surface area contributed by atoms with Crippen molar-refractivity contribution >= 4 is 14.3 Å². The standard InChI is InChI=1S/C59H94O12Si/c1-42(2)55(61)43(3)28-31-46-34-49(66-57(7,8)65-46)38-53-40-52(69-59(11,12)70-53)37-48(64-41-44-29-32-45(62-13)33-30-44)36-51-39-50(67-58(9,10)68-51)35-47(71-72(15,16)56(4,5)6)26-24-22-20-18-17-19-21-23-25-27-54(60)63-14/h17-25,27-33,42-43,46-53,55,61H,26,34-41H2,1-16H3/b19-17+,20-18+,23-21+,24-22+,27-25+,31-28+/t43-,46-,47-,48+,49-,50-,51+,52-,53+,55-/m0/s1. The van der Waals surface area contributed by atoms with Crippen molar-refractivity contribution < 1.29 is 57.0 Å². The van der Waals surface area contributed by atoms with Crippen molar-refractivity contribution in [2.75, 3.05) is 14.2 Å². The van der Waals surface area contributed by atoms with Gasteiger partial charge in [-0.15, -0.1) is 0 Å². The predicted octanol–water partition coefficient (Wildman–Crippen LogP) is 12.8. The van der Waals surface area contributed by atoms with Gasteiger partial charge in [-0.1, -0.05) is 121 Å². The number of ether oxygens (including phenoxy) is 9. The third kappa shape index (κ3) is 21.9. The maximum absolute atomic E-state index is 11.3. The molecule has 0 saturated carbocycles. The van der Waals surface area contributed by atoms with E-state index in [1.165, 1.54) is 13.2 Å². The summed E-state index contributed by atoms with van der Waals surface area (Å²) in [6.45, 7) is 29.9. The van der Waals surface area contributed by atoms with Gasteiger partial charge in [-0.05, 0) is 96.1 Å². The zero-order valence-corrected chi connectivity index (χ0v) is 47.9. The van der Waals surface area contributed by atoms with Gasteiger partial charge in [-0.3, -0.25) is 0 Å². The molecule has 72 heavy (non-hydrogen) atoms. The van der Waals surface area contributed by atoms with Crippen LogP contribution in [0.5, 0.6) is 5.75 Å². The van der Waals surface area contributed by atoms with E-state index in [0.717, 1.165) is 24.2 Å². The molecule has 4 rings (SSSR count). The number of allylic oxidation sites excluding steroid dienone is 8. The summed E-state index contributed by atoms with van der Waals surface area (Å²) < 4.78 is 63.8. The SMILES string of the molecule is COC(=O)/C=C/C=C/C=C/C=C/C=C/C[C@@H](C[C@H]1C[C@@H](C[C@H](C[C@H]2C[C@@H](C[C@@H]3C[C@H](/C=C/[C@H](C)[C@@H](O)C(C)C)OC(C)(C)O3)OC(C)(C)O2)OCc2ccc(OC)cc2)OC(C)(C)O1)O[Si](C)(C)C(C)(C)C. The number of aliphatic hydroxyl groups excluding tert-OH is 1. The van der Waals surface area contributed by atoms with Crippen LogP contribution < -0.4 is 4.74 Å². The molecule has 0 amide bonds. The van der Waals surface area contributed by atoms with Gasteiger partial charge in [0.25, 0.3) is 0 Å². The second kappa shape index (κ2) is 28.1. The topological polar surface area (TPSA) is 130 Å². The summed E-state index contributed by atoms with van der Waals surface area (Å²) in [5, 5.41) is 10.7. The van der Waals surface area contributed by atoms with Crippen molar-refractivity contribution in [3.63, 3.8) is 0 Å². The molecule has 3 aliphatic rings. The van der Waals surface area contributed by atoms with Gasteiger partial charge in [0.2, 0.25) is 0 Å². The van der Waals surface area contributed by atoms with Crippen molar-refractivity contribution in [1.29, 1.82) is 0 Å². The van der Waals surface area contributed by atoms with Gasteiger partial charge in [-0.25, -0.2) is 4.79 Å². The molecule has 406 valence electrons.